The van der Waals surface area contributed by atoms with Crippen molar-refractivity contribution < 1.29 is 19.1 Å². The van der Waals surface area contributed by atoms with E-state index < -0.39 is 5.92 Å². The molecule has 0 radical (unpaired) electrons. The van der Waals surface area contributed by atoms with E-state index in [-0.39, 0.29) is 24.2 Å². The number of benzene rings is 1. The molecule has 1 unspecified atom stereocenters. The first-order chi connectivity index (χ1) is 11.4. The maximum atomic E-state index is 12.0. The molecule has 132 valence electrons. The summed E-state index contributed by atoms with van der Waals surface area (Å²) in [7, 11) is 1.59. The van der Waals surface area contributed by atoms with E-state index in [9.17, 15) is 9.59 Å². The minimum atomic E-state index is -0.466. The lowest BCUT2D eigenvalue weighted by Gasteiger charge is -2.18. The molecule has 0 aliphatic carbocycles. The van der Waals surface area contributed by atoms with Crippen LogP contribution in [0.3, 0.4) is 0 Å². The van der Waals surface area contributed by atoms with Crippen LogP contribution in [-0.4, -0.2) is 31.3 Å². The van der Waals surface area contributed by atoms with Gasteiger partial charge >= 0.3 is 5.97 Å². The Morgan fingerprint density at radius 2 is 1.83 bits per heavy atom. The molecule has 0 aromatic heterocycles. The number of amides is 1. The van der Waals surface area contributed by atoms with E-state index in [2.05, 4.69) is 10.5 Å². The predicted molar refractivity (Wildman–Crippen MR) is 92.9 cm³/mol. The first-order valence-electron chi connectivity index (χ1n) is 8.01. The fourth-order valence-electron chi connectivity index (χ4n) is 2.35. The van der Waals surface area contributed by atoms with Crippen LogP contribution >= 0.6 is 0 Å². The highest BCUT2D eigenvalue weighted by atomic mass is 16.5. The molecule has 0 saturated heterocycles. The average Bonchev–Trinajstić information content (AvgIpc) is 2.53. The number of esters is 1. The molecule has 1 rings (SSSR count). The minimum absolute atomic E-state index is 0.0336. The lowest BCUT2D eigenvalue weighted by molar-refractivity contribution is -0.146. The van der Waals surface area contributed by atoms with Crippen molar-refractivity contribution in [2.75, 3.05) is 13.7 Å². The van der Waals surface area contributed by atoms with E-state index in [1.165, 1.54) is 0 Å². The van der Waals surface area contributed by atoms with Crippen LogP contribution in [0.5, 0.6) is 5.75 Å². The largest absolute Gasteiger partial charge is 0.497 e. The monoisotopic (exact) mass is 334 g/mol. The molecule has 1 amide bonds. The first-order valence-corrected chi connectivity index (χ1v) is 8.01. The normalized spacial score (nSPS) is 12.7. The number of rotatable bonds is 8. The zero-order valence-corrected chi connectivity index (χ0v) is 15.0. The summed E-state index contributed by atoms with van der Waals surface area (Å²) < 4.78 is 10.1. The number of carbonyl (C=O) groups excluding carboxylic acids is 2. The van der Waals surface area contributed by atoms with Crippen molar-refractivity contribution in [2.24, 2.45) is 16.9 Å². The van der Waals surface area contributed by atoms with Crippen molar-refractivity contribution in [3.63, 3.8) is 0 Å². The summed E-state index contributed by atoms with van der Waals surface area (Å²) in [6.07, 6.45) is 0.201. The number of hydrogen-bond acceptors (Lipinski definition) is 5. The summed E-state index contributed by atoms with van der Waals surface area (Å²) in [5.74, 6) is -0.260. The van der Waals surface area contributed by atoms with Crippen LogP contribution in [0.25, 0.3) is 0 Å². The standard InChI is InChI=1S/C18H26N2O4/c1-6-24-18(22)17(12(2)3)13(4)19-20-16(21)11-14-7-9-15(23-5)10-8-14/h7-10,12,17H,6,11H2,1-5H3,(H,20,21)/b19-13-. The Balaban J connectivity index is 2.67. The Labute approximate surface area is 143 Å². The van der Waals surface area contributed by atoms with Crippen LogP contribution in [0.2, 0.25) is 0 Å². The number of hydrogen-bond donors (Lipinski definition) is 1. The first kappa shape index (κ1) is 19.7. The molecule has 0 aliphatic heterocycles. The summed E-state index contributed by atoms with van der Waals surface area (Å²) in [6.45, 7) is 7.63. The second kappa shape index (κ2) is 9.70. The van der Waals surface area contributed by atoms with Gasteiger partial charge in [0.1, 0.15) is 5.75 Å². The minimum Gasteiger partial charge on any atom is -0.497 e. The molecular formula is C18H26N2O4. The molecule has 1 aromatic rings. The van der Waals surface area contributed by atoms with Crippen LogP contribution in [0.4, 0.5) is 0 Å². The lowest BCUT2D eigenvalue weighted by Crippen LogP contribution is -2.31. The maximum Gasteiger partial charge on any atom is 0.314 e. The second-order valence-electron chi connectivity index (χ2n) is 5.79. The maximum absolute atomic E-state index is 12.0. The van der Waals surface area contributed by atoms with Crippen LogP contribution in [0.1, 0.15) is 33.3 Å². The van der Waals surface area contributed by atoms with Crippen LogP contribution < -0.4 is 10.2 Å². The molecule has 1 atom stereocenters. The van der Waals surface area contributed by atoms with Gasteiger partial charge in [-0.2, -0.15) is 5.10 Å². The van der Waals surface area contributed by atoms with Crippen LogP contribution in [-0.2, 0) is 20.7 Å². The van der Waals surface area contributed by atoms with Gasteiger partial charge in [0.2, 0.25) is 5.91 Å². The topological polar surface area (TPSA) is 77.0 Å². The van der Waals surface area contributed by atoms with Gasteiger partial charge in [0, 0.05) is 5.71 Å². The SMILES string of the molecule is CCOC(=O)C(/C(C)=N\NC(=O)Cc1ccc(OC)cc1)C(C)C. The number of ether oxygens (including phenoxy) is 2. The molecule has 0 bridgehead atoms. The second-order valence-corrected chi connectivity index (χ2v) is 5.79. The van der Waals surface area contributed by atoms with Gasteiger partial charge in [0.15, 0.2) is 0 Å². The van der Waals surface area contributed by atoms with E-state index in [4.69, 9.17) is 9.47 Å². The summed E-state index contributed by atoms with van der Waals surface area (Å²) >= 11 is 0. The van der Waals surface area contributed by atoms with E-state index in [1.54, 1.807) is 33.1 Å². The fourth-order valence-corrected chi connectivity index (χ4v) is 2.35. The van der Waals surface area contributed by atoms with E-state index in [0.717, 1.165) is 11.3 Å². The summed E-state index contributed by atoms with van der Waals surface area (Å²) in [4.78, 5) is 24.0. The Morgan fingerprint density at radius 3 is 2.33 bits per heavy atom. The van der Waals surface area contributed by atoms with Gasteiger partial charge in [-0.05, 0) is 37.5 Å². The Kier molecular flexibility index (Phi) is 7.95. The molecule has 1 aromatic carbocycles. The van der Waals surface area contributed by atoms with Gasteiger partial charge in [-0.1, -0.05) is 26.0 Å². The molecule has 0 saturated carbocycles. The van der Waals surface area contributed by atoms with Gasteiger partial charge in [0.25, 0.3) is 0 Å². The van der Waals surface area contributed by atoms with Crippen molar-refractivity contribution in [1.29, 1.82) is 0 Å². The summed E-state index contributed by atoms with van der Waals surface area (Å²) in [5.41, 5.74) is 3.89. The zero-order valence-electron chi connectivity index (χ0n) is 15.0. The number of nitrogens with zero attached hydrogens (tertiary/aromatic N) is 1. The molecule has 0 aliphatic rings. The smallest absolute Gasteiger partial charge is 0.314 e. The van der Waals surface area contributed by atoms with Gasteiger partial charge in [-0.3, -0.25) is 9.59 Å². The highest BCUT2D eigenvalue weighted by Gasteiger charge is 2.26. The molecule has 6 nitrogen and oxygen atoms in total. The number of carbonyl (C=O) groups is 2. The predicted octanol–water partition coefficient (Wildman–Crippen LogP) is 2.57. The van der Waals surface area contributed by atoms with Crippen LogP contribution in [0, 0.1) is 11.8 Å². The summed E-state index contributed by atoms with van der Waals surface area (Å²) in [5, 5.41) is 4.07. The number of nitrogens with one attached hydrogen (secondary N) is 1. The summed E-state index contributed by atoms with van der Waals surface area (Å²) in [6, 6.07) is 7.24. The van der Waals surface area contributed by atoms with E-state index >= 15 is 0 Å². The molecule has 0 fully saturated rings. The molecule has 0 heterocycles. The molecule has 24 heavy (non-hydrogen) atoms. The van der Waals surface area contributed by atoms with Crippen LogP contribution in [0.15, 0.2) is 29.4 Å². The highest BCUT2D eigenvalue weighted by Crippen LogP contribution is 2.15. The van der Waals surface area contributed by atoms with Gasteiger partial charge < -0.3 is 9.47 Å². The van der Waals surface area contributed by atoms with Crippen molar-refractivity contribution in [3.8, 4) is 5.75 Å². The van der Waals surface area contributed by atoms with Gasteiger partial charge in [0.05, 0.1) is 26.1 Å². The third kappa shape index (κ3) is 6.02. The quantitative estimate of drug-likeness (QED) is 0.450. The third-order valence-corrected chi connectivity index (χ3v) is 3.54. The van der Waals surface area contributed by atoms with Gasteiger partial charge in [-0.15, -0.1) is 0 Å². The molecule has 0 spiro atoms. The number of hydrazone groups is 1. The van der Waals surface area contributed by atoms with Gasteiger partial charge in [-0.25, -0.2) is 5.43 Å². The Morgan fingerprint density at radius 1 is 1.21 bits per heavy atom. The molecular weight excluding hydrogens is 308 g/mol. The lowest BCUT2D eigenvalue weighted by atomic mass is 9.92. The van der Waals surface area contributed by atoms with E-state index in [1.807, 2.05) is 26.0 Å². The third-order valence-electron chi connectivity index (χ3n) is 3.54. The average molecular weight is 334 g/mol. The van der Waals surface area contributed by atoms with Crippen molar-refractivity contribution in [3.05, 3.63) is 29.8 Å². The van der Waals surface area contributed by atoms with Crippen molar-refractivity contribution >= 4 is 17.6 Å². The molecule has 6 heteroatoms. The van der Waals surface area contributed by atoms with Crippen molar-refractivity contribution in [2.45, 2.75) is 34.1 Å². The molecule has 1 N–H and O–H groups in total. The fraction of sp³-hybridized carbons (Fsp3) is 0.500. The van der Waals surface area contributed by atoms with Crippen molar-refractivity contribution in [1.82, 2.24) is 5.43 Å². The zero-order chi connectivity index (χ0) is 18.1. The van der Waals surface area contributed by atoms with E-state index in [0.29, 0.717) is 12.3 Å². The number of methoxy groups -OCH3 is 1. The Hall–Kier alpha value is -2.37. The highest BCUT2D eigenvalue weighted by molar-refractivity contribution is 6.01. The Bertz CT molecular complexity index is 579.